The summed E-state index contributed by atoms with van der Waals surface area (Å²) in [5.41, 5.74) is 0. The largest absolute Gasteiger partial charge is 0.341 e. The molecule has 4 fully saturated rings. The van der Waals surface area contributed by atoms with Crippen molar-refractivity contribution in [2.75, 3.05) is 19.6 Å². The minimum Gasteiger partial charge on any atom is -0.341 e. The van der Waals surface area contributed by atoms with E-state index in [2.05, 4.69) is 10.2 Å². The summed E-state index contributed by atoms with van der Waals surface area (Å²) in [6.07, 6.45) is 11.9. The van der Waals surface area contributed by atoms with E-state index >= 15 is 0 Å². The van der Waals surface area contributed by atoms with Gasteiger partial charge in [-0.05, 0) is 56.4 Å². The standard InChI is InChI=1S/C18H30N2O/c21-18(20-11-16-6-3-9-19-17(16)12-20)15-8-7-13-4-1-2-5-14(13)10-15/h13-17,19H,1-12H2. The first kappa shape index (κ1) is 14.0. The highest BCUT2D eigenvalue weighted by Gasteiger charge is 2.41. The number of nitrogens with zero attached hydrogens (tertiary/aromatic N) is 1. The second-order valence-electron chi connectivity index (χ2n) is 8.02. The fourth-order valence-corrected chi connectivity index (χ4v) is 5.58. The smallest absolute Gasteiger partial charge is 0.225 e. The summed E-state index contributed by atoms with van der Waals surface area (Å²) >= 11 is 0. The first-order valence-electron chi connectivity index (χ1n) is 9.33. The quantitative estimate of drug-likeness (QED) is 0.805. The van der Waals surface area contributed by atoms with Crippen LogP contribution in [0.2, 0.25) is 0 Å². The molecule has 5 unspecified atom stereocenters. The highest BCUT2D eigenvalue weighted by atomic mass is 16.2. The Morgan fingerprint density at radius 1 is 0.857 bits per heavy atom. The number of carbonyl (C=O) groups is 1. The Labute approximate surface area is 128 Å². The lowest BCUT2D eigenvalue weighted by molar-refractivity contribution is -0.137. The summed E-state index contributed by atoms with van der Waals surface area (Å²) in [5, 5.41) is 3.62. The van der Waals surface area contributed by atoms with E-state index in [0.29, 0.717) is 17.9 Å². The fourth-order valence-electron chi connectivity index (χ4n) is 5.58. The number of hydrogen-bond donors (Lipinski definition) is 1. The maximum absolute atomic E-state index is 12.9. The summed E-state index contributed by atoms with van der Waals surface area (Å²) in [6.45, 7) is 3.16. The van der Waals surface area contributed by atoms with Crippen molar-refractivity contribution in [2.24, 2.45) is 23.7 Å². The molecule has 5 atom stereocenters. The van der Waals surface area contributed by atoms with Crippen LogP contribution in [0.15, 0.2) is 0 Å². The van der Waals surface area contributed by atoms with Gasteiger partial charge in [-0.1, -0.05) is 25.7 Å². The minimum absolute atomic E-state index is 0.351. The third-order valence-electron chi connectivity index (χ3n) is 6.80. The fraction of sp³-hybridized carbons (Fsp3) is 0.944. The van der Waals surface area contributed by atoms with Crippen molar-refractivity contribution >= 4 is 5.91 Å². The van der Waals surface area contributed by atoms with E-state index in [9.17, 15) is 4.79 Å². The SMILES string of the molecule is O=C(C1CCC2CCCCC2C1)N1CC2CCCNC2C1. The second-order valence-corrected chi connectivity index (χ2v) is 8.02. The molecule has 21 heavy (non-hydrogen) atoms. The lowest BCUT2D eigenvalue weighted by Gasteiger charge is -2.39. The Bertz CT molecular complexity index is 383. The van der Waals surface area contributed by atoms with Gasteiger partial charge in [0.05, 0.1) is 0 Å². The number of hydrogen-bond acceptors (Lipinski definition) is 2. The molecular formula is C18H30N2O. The molecule has 1 N–H and O–H groups in total. The number of amides is 1. The van der Waals surface area contributed by atoms with Gasteiger partial charge in [-0.3, -0.25) is 4.79 Å². The number of rotatable bonds is 1. The Morgan fingerprint density at radius 2 is 1.67 bits per heavy atom. The molecule has 0 aromatic carbocycles. The van der Waals surface area contributed by atoms with E-state index in [4.69, 9.17) is 0 Å². The van der Waals surface area contributed by atoms with E-state index in [1.165, 1.54) is 57.8 Å². The van der Waals surface area contributed by atoms with Crippen LogP contribution in [0.5, 0.6) is 0 Å². The molecule has 2 saturated heterocycles. The topological polar surface area (TPSA) is 32.3 Å². The average Bonchev–Trinajstić information content (AvgIpc) is 2.97. The molecule has 3 nitrogen and oxygen atoms in total. The zero-order valence-corrected chi connectivity index (χ0v) is 13.2. The maximum Gasteiger partial charge on any atom is 0.225 e. The third kappa shape index (κ3) is 2.74. The molecule has 1 amide bonds. The molecule has 2 aliphatic heterocycles. The Hall–Kier alpha value is -0.570. The first-order chi connectivity index (χ1) is 10.3. The molecular weight excluding hydrogens is 260 g/mol. The van der Waals surface area contributed by atoms with Gasteiger partial charge in [0.15, 0.2) is 0 Å². The van der Waals surface area contributed by atoms with Crippen LogP contribution in [0.4, 0.5) is 0 Å². The van der Waals surface area contributed by atoms with Crippen LogP contribution in [-0.2, 0) is 4.79 Å². The number of nitrogens with one attached hydrogen (secondary N) is 1. The van der Waals surface area contributed by atoms with Gasteiger partial charge in [0.1, 0.15) is 0 Å². The van der Waals surface area contributed by atoms with Crippen LogP contribution in [0.25, 0.3) is 0 Å². The normalized spacial score (nSPS) is 43.2. The molecule has 2 saturated carbocycles. The van der Waals surface area contributed by atoms with Crippen molar-refractivity contribution in [3.05, 3.63) is 0 Å². The molecule has 118 valence electrons. The molecule has 4 rings (SSSR count). The van der Waals surface area contributed by atoms with Gasteiger partial charge in [-0.15, -0.1) is 0 Å². The summed E-state index contributed by atoms with van der Waals surface area (Å²) in [7, 11) is 0. The van der Waals surface area contributed by atoms with Crippen LogP contribution in [-0.4, -0.2) is 36.5 Å². The highest BCUT2D eigenvalue weighted by Crippen LogP contribution is 2.43. The van der Waals surface area contributed by atoms with Gasteiger partial charge >= 0.3 is 0 Å². The second kappa shape index (κ2) is 5.91. The van der Waals surface area contributed by atoms with Gasteiger partial charge < -0.3 is 10.2 Å². The molecule has 0 aromatic heterocycles. The van der Waals surface area contributed by atoms with Crippen molar-refractivity contribution in [3.63, 3.8) is 0 Å². The molecule has 0 spiro atoms. The Morgan fingerprint density at radius 3 is 2.52 bits per heavy atom. The molecule has 2 aliphatic carbocycles. The van der Waals surface area contributed by atoms with E-state index in [1.807, 2.05) is 0 Å². The first-order valence-corrected chi connectivity index (χ1v) is 9.33. The lowest BCUT2D eigenvalue weighted by atomic mass is 9.67. The molecule has 0 radical (unpaired) electrons. The molecule has 0 bridgehead atoms. The number of carbonyl (C=O) groups excluding carboxylic acids is 1. The summed E-state index contributed by atoms with van der Waals surface area (Å²) in [6, 6.07) is 0.591. The van der Waals surface area contributed by atoms with Crippen molar-refractivity contribution in [1.29, 1.82) is 0 Å². The van der Waals surface area contributed by atoms with Gasteiger partial charge in [-0.25, -0.2) is 0 Å². The highest BCUT2D eigenvalue weighted by molar-refractivity contribution is 5.79. The monoisotopic (exact) mass is 290 g/mol. The third-order valence-corrected chi connectivity index (χ3v) is 6.80. The Kier molecular flexibility index (Phi) is 3.95. The van der Waals surface area contributed by atoms with E-state index in [-0.39, 0.29) is 0 Å². The van der Waals surface area contributed by atoms with Crippen molar-refractivity contribution in [3.8, 4) is 0 Å². The molecule has 0 aromatic rings. The van der Waals surface area contributed by atoms with E-state index < -0.39 is 0 Å². The number of likely N-dealkylation sites (tertiary alicyclic amines) is 1. The zero-order chi connectivity index (χ0) is 14.2. The van der Waals surface area contributed by atoms with Crippen molar-refractivity contribution in [1.82, 2.24) is 10.2 Å². The molecule has 2 heterocycles. The van der Waals surface area contributed by atoms with Gasteiger partial charge in [0.2, 0.25) is 5.91 Å². The minimum atomic E-state index is 0.351. The summed E-state index contributed by atoms with van der Waals surface area (Å²) in [5.74, 6) is 3.39. The van der Waals surface area contributed by atoms with Crippen molar-refractivity contribution in [2.45, 2.75) is 63.8 Å². The van der Waals surface area contributed by atoms with E-state index in [0.717, 1.165) is 37.4 Å². The number of fused-ring (bicyclic) bond motifs is 2. The summed E-state index contributed by atoms with van der Waals surface area (Å²) < 4.78 is 0. The van der Waals surface area contributed by atoms with Gasteiger partial charge in [-0.2, -0.15) is 0 Å². The van der Waals surface area contributed by atoms with Crippen LogP contribution in [0.1, 0.15) is 57.8 Å². The summed E-state index contributed by atoms with van der Waals surface area (Å²) in [4.78, 5) is 15.1. The van der Waals surface area contributed by atoms with Crippen LogP contribution in [0.3, 0.4) is 0 Å². The van der Waals surface area contributed by atoms with Crippen LogP contribution in [0, 0.1) is 23.7 Å². The average molecular weight is 290 g/mol. The predicted octanol–water partition coefficient (Wildman–Crippen LogP) is 2.80. The molecule has 4 aliphatic rings. The Balaban J connectivity index is 1.37. The zero-order valence-electron chi connectivity index (χ0n) is 13.2. The number of piperidine rings is 1. The van der Waals surface area contributed by atoms with Crippen LogP contribution < -0.4 is 5.32 Å². The lowest BCUT2D eigenvalue weighted by Crippen LogP contribution is -2.42. The molecule has 3 heteroatoms. The van der Waals surface area contributed by atoms with Crippen LogP contribution >= 0.6 is 0 Å². The predicted molar refractivity (Wildman–Crippen MR) is 83.9 cm³/mol. The maximum atomic E-state index is 12.9. The van der Waals surface area contributed by atoms with Gasteiger partial charge in [0.25, 0.3) is 0 Å². The van der Waals surface area contributed by atoms with Gasteiger partial charge in [0, 0.05) is 25.0 Å². The van der Waals surface area contributed by atoms with Crippen molar-refractivity contribution < 1.29 is 4.79 Å². The van der Waals surface area contributed by atoms with E-state index in [1.54, 1.807) is 0 Å².